The number of ether oxygens (including phenoxy) is 1. The van der Waals surface area contributed by atoms with Crippen LogP contribution in [0.4, 0.5) is 4.39 Å². The smallest absolute Gasteiger partial charge is 0.152 e. The average Bonchev–Trinajstić information content (AvgIpc) is 3.03. The summed E-state index contributed by atoms with van der Waals surface area (Å²) in [5.41, 5.74) is 1.27. The van der Waals surface area contributed by atoms with Gasteiger partial charge in [0.2, 0.25) is 0 Å². The van der Waals surface area contributed by atoms with Gasteiger partial charge in [-0.25, -0.2) is 14.4 Å². The highest BCUT2D eigenvalue weighted by atomic mass is 19.1. The van der Waals surface area contributed by atoms with Gasteiger partial charge in [-0.05, 0) is 19.3 Å². The molecule has 5 nitrogen and oxygen atoms in total. The van der Waals surface area contributed by atoms with Crippen LogP contribution in [0.2, 0.25) is 0 Å². The third kappa shape index (κ3) is 2.01. The van der Waals surface area contributed by atoms with E-state index in [1.807, 2.05) is 6.92 Å². The highest BCUT2D eigenvalue weighted by Gasteiger charge is 2.28. The van der Waals surface area contributed by atoms with Gasteiger partial charge in [-0.2, -0.15) is 0 Å². The molecule has 1 fully saturated rings. The molecule has 0 aromatic carbocycles. The van der Waals surface area contributed by atoms with Gasteiger partial charge in [-0.15, -0.1) is 0 Å². The van der Waals surface area contributed by atoms with E-state index in [1.165, 1.54) is 12.5 Å². The first-order valence-electron chi connectivity index (χ1n) is 6.50. The number of aliphatic hydroxyl groups excluding tert-OH is 1. The number of aliphatic hydroxyl groups is 1. The Kier molecular flexibility index (Phi) is 3.20. The summed E-state index contributed by atoms with van der Waals surface area (Å²) in [6, 6.07) is 0. The second kappa shape index (κ2) is 4.86. The van der Waals surface area contributed by atoms with Crippen molar-refractivity contribution in [3.8, 4) is 0 Å². The van der Waals surface area contributed by atoms with Crippen LogP contribution < -0.4 is 0 Å². The summed E-state index contributed by atoms with van der Waals surface area (Å²) in [6.07, 6.45) is 4.62. The Morgan fingerprint density at radius 1 is 1.47 bits per heavy atom. The second-order valence-corrected chi connectivity index (χ2v) is 4.73. The average molecular weight is 265 g/mol. The molecule has 0 spiro atoms. The van der Waals surface area contributed by atoms with Crippen molar-refractivity contribution in [3.05, 3.63) is 24.0 Å². The minimum absolute atomic E-state index is 0.00657. The lowest BCUT2D eigenvalue weighted by Crippen LogP contribution is -2.14. The molecule has 2 atom stereocenters. The molecule has 6 heteroatoms. The van der Waals surface area contributed by atoms with Gasteiger partial charge in [0.1, 0.15) is 18.2 Å². The van der Waals surface area contributed by atoms with E-state index in [9.17, 15) is 4.39 Å². The number of fused-ring (bicyclic) bond motifs is 1. The molecule has 102 valence electrons. The summed E-state index contributed by atoms with van der Waals surface area (Å²) >= 11 is 0. The predicted molar refractivity (Wildman–Crippen MR) is 67.1 cm³/mol. The van der Waals surface area contributed by atoms with Crippen molar-refractivity contribution >= 4 is 11.0 Å². The number of aromatic nitrogens is 3. The second-order valence-electron chi connectivity index (χ2n) is 4.73. The normalized spacial score (nSPS) is 23.3. The zero-order chi connectivity index (χ0) is 13.4. The SMILES string of the molecule is CCc1ncnc2c1c(F)cn2C1CCC(CO)O1. The number of nitrogens with zero attached hydrogens (tertiary/aromatic N) is 3. The van der Waals surface area contributed by atoms with Gasteiger partial charge < -0.3 is 14.4 Å². The van der Waals surface area contributed by atoms with Gasteiger partial charge in [-0.1, -0.05) is 6.92 Å². The fourth-order valence-electron chi connectivity index (χ4n) is 2.61. The van der Waals surface area contributed by atoms with E-state index in [1.54, 1.807) is 4.57 Å². The van der Waals surface area contributed by atoms with E-state index >= 15 is 0 Å². The molecular weight excluding hydrogens is 249 g/mol. The first kappa shape index (κ1) is 12.5. The maximum atomic E-state index is 14.1. The fourth-order valence-corrected chi connectivity index (χ4v) is 2.61. The molecule has 0 amide bonds. The van der Waals surface area contributed by atoms with Crippen molar-refractivity contribution < 1.29 is 14.2 Å². The highest BCUT2D eigenvalue weighted by molar-refractivity contribution is 5.79. The highest BCUT2D eigenvalue weighted by Crippen LogP contribution is 2.32. The van der Waals surface area contributed by atoms with E-state index in [-0.39, 0.29) is 24.8 Å². The molecule has 1 aliphatic heterocycles. The Labute approximate surface area is 110 Å². The van der Waals surface area contributed by atoms with E-state index in [0.29, 0.717) is 23.1 Å². The van der Waals surface area contributed by atoms with Crippen LogP contribution in [-0.2, 0) is 11.2 Å². The van der Waals surface area contributed by atoms with E-state index in [2.05, 4.69) is 9.97 Å². The zero-order valence-electron chi connectivity index (χ0n) is 10.7. The predicted octanol–water partition coefficient (Wildman–Crippen LogP) is 1.80. The lowest BCUT2D eigenvalue weighted by Gasteiger charge is -2.14. The Bertz CT molecular complexity index is 599. The van der Waals surface area contributed by atoms with Crippen molar-refractivity contribution in [2.45, 2.75) is 38.5 Å². The molecule has 3 heterocycles. The van der Waals surface area contributed by atoms with Crippen molar-refractivity contribution in [2.75, 3.05) is 6.61 Å². The number of halogens is 1. The largest absolute Gasteiger partial charge is 0.394 e. The van der Waals surface area contributed by atoms with Crippen LogP contribution in [0.25, 0.3) is 11.0 Å². The summed E-state index contributed by atoms with van der Waals surface area (Å²) < 4.78 is 21.5. The van der Waals surface area contributed by atoms with Gasteiger partial charge in [0.25, 0.3) is 0 Å². The lowest BCUT2D eigenvalue weighted by atomic mass is 10.2. The third-order valence-corrected chi connectivity index (χ3v) is 3.58. The maximum Gasteiger partial charge on any atom is 0.152 e. The molecule has 0 aliphatic carbocycles. The van der Waals surface area contributed by atoms with Crippen LogP contribution in [0.3, 0.4) is 0 Å². The Hall–Kier alpha value is -1.53. The van der Waals surface area contributed by atoms with Crippen molar-refractivity contribution in [1.29, 1.82) is 0 Å². The van der Waals surface area contributed by atoms with Gasteiger partial charge in [0.05, 0.1) is 23.8 Å². The molecule has 19 heavy (non-hydrogen) atoms. The van der Waals surface area contributed by atoms with Crippen molar-refractivity contribution in [3.63, 3.8) is 0 Å². The van der Waals surface area contributed by atoms with Crippen LogP contribution in [-0.4, -0.2) is 32.4 Å². The van der Waals surface area contributed by atoms with Crippen LogP contribution in [0.1, 0.15) is 31.7 Å². The molecule has 1 aliphatic rings. The number of rotatable bonds is 3. The summed E-state index contributed by atoms with van der Waals surface area (Å²) in [7, 11) is 0. The van der Waals surface area contributed by atoms with Gasteiger partial charge >= 0.3 is 0 Å². The monoisotopic (exact) mass is 265 g/mol. The van der Waals surface area contributed by atoms with Gasteiger partial charge in [0.15, 0.2) is 5.82 Å². The molecule has 2 aromatic rings. The third-order valence-electron chi connectivity index (χ3n) is 3.58. The van der Waals surface area contributed by atoms with Crippen LogP contribution in [0, 0.1) is 5.82 Å². The van der Waals surface area contributed by atoms with Crippen LogP contribution in [0.5, 0.6) is 0 Å². The molecule has 0 bridgehead atoms. The van der Waals surface area contributed by atoms with Crippen molar-refractivity contribution in [1.82, 2.24) is 14.5 Å². The minimum atomic E-state index is -0.316. The first-order chi connectivity index (χ1) is 9.24. The Morgan fingerprint density at radius 2 is 2.32 bits per heavy atom. The molecule has 2 unspecified atom stereocenters. The molecule has 0 saturated carbocycles. The molecule has 1 N–H and O–H groups in total. The minimum Gasteiger partial charge on any atom is -0.394 e. The molecule has 0 radical (unpaired) electrons. The summed E-state index contributed by atoms with van der Waals surface area (Å²) in [4.78, 5) is 8.29. The van der Waals surface area contributed by atoms with E-state index in [0.717, 1.165) is 12.8 Å². The number of aryl methyl sites for hydroxylation is 1. The zero-order valence-corrected chi connectivity index (χ0v) is 10.7. The van der Waals surface area contributed by atoms with E-state index in [4.69, 9.17) is 9.84 Å². The quantitative estimate of drug-likeness (QED) is 0.919. The Morgan fingerprint density at radius 3 is 3.00 bits per heavy atom. The number of hydrogen-bond donors (Lipinski definition) is 1. The lowest BCUT2D eigenvalue weighted by molar-refractivity contribution is -0.0206. The van der Waals surface area contributed by atoms with Gasteiger partial charge in [-0.3, -0.25) is 0 Å². The van der Waals surface area contributed by atoms with Gasteiger partial charge in [0, 0.05) is 6.20 Å². The summed E-state index contributed by atoms with van der Waals surface area (Å²) in [5.74, 6) is -0.316. The molecular formula is C13H16FN3O2. The standard InChI is InChI=1S/C13H16FN3O2/c1-2-10-12-9(14)5-17(13(12)16-7-15-10)11-4-3-8(6-18)19-11/h5,7-8,11,18H,2-4,6H2,1H3. The van der Waals surface area contributed by atoms with Crippen LogP contribution >= 0.6 is 0 Å². The Balaban J connectivity index is 2.06. The topological polar surface area (TPSA) is 60.2 Å². The molecule has 3 rings (SSSR count). The fraction of sp³-hybridized carbons (Fsp3) is 0.538. The maximum absolute atomic E-state index is 14.1. The van der Waals surface area contributed by atoms with Crippen LogP contribution in [0.15, 0.2) is 12.5 Å². The van der Waals surface area contributed by atoms with Crippen molar-refractivity contribution in [2.24, 2.45) is 0 Å². The van der Waals surface area contributed by atoms with E-state index < -0.39 is 0 Å². The number of hydrogen-bond acceptors (Lipinski definition) is 4. The first-order valence-corrected chi connectivity index (χ1v) is 6.50. The summed E-state index contributed by atoms with van der Waals surface area (Å²) in [6.45, 7) is 1.93. The summed E-state index contributed by atoms with van der Waals surface area (Å²) in [5, 5.41) is 9.57. The molecule has 2 aromatic heterocycles. The molecule has 1 saturated heterocycles.